The normalized spacial score (nSPS) is 20.6. The highest BCUT2D eigenvalue weighted by atomic mass is 16.3. The average molecular weight is 396 g/mol. The number of anilines is 2. The van der Waals surface area contributed by atoms with Crippen molar-refractivity contribution in [2.45, 2.75) is 57.7 Å². The maximum absolute atomic E-state index is 9.57. The zero-order valence-electron chi connectivity index (χ0n) is 17.3. The maximum atomic E-state index is 9.57. The molecule has 0 saturated carbocycles. The summed E-state index contributed by atoms with van der Waals surface area (Å²) in [6, 6.07) is 11.0. The fraction of sp³-hybridized carbons (Fsp3) is 0.565. The molecule has 1 aromatic carbocycles. The lowest BCUT2D eigenvalue weighted by Crippen LogP contribution is -2.32. The van der Waals surface area contributed by atoms with Crippen LogP contribution in [0.3, 0.4) is 0 Å². The molecule has 0 aliphatic carbocycles. The van der Waals surface area contributed by atoms with Crippen LogP contribution in [0.25, 0.3) is 0 Å². The molecule has 2 aliphatic rings. The van der Waals surface area contributed by atoms with Crippen molar-refractivity contribution in [2.24, 2.45) is 0 Å². The molecule has 0 amide bonds. The lowest BCUT2D eigenvalue weighted by atomic mass is 10.1. The molecule has 3 heterocycles. The van der Waals surface area contributed by atoms with Gasteiger partial charge >= 0.3 is 0 Å². The molecule has 2 N–H and O–H groups in total. The summed E-state index contributed by atoms with van der Waals surface area (Å²) in [6.07, 6.45) is 9.13. The second-order valence-electron chi connectivity index (χ2n) is 8.30. The van der Waals surface area contributed by atoms with Gasteiger partial charge in [-0.15, -0.1) is 0 Å². The van der Waals surface area contributed by atoms with Crippen molar-refractivity contribution in [3.05, 3.63) is 47.8 Å². The largest absolute Gasteiger partial charge is 0.394 e. The first-order valence-corrected chi connectivity index (χ1v) is 11.1. The van der Waals surface area contributed by atoms with Crippen LogP contribution in [-0.4, -0.2) is 52.3 Å². The van der Waals surface area contributed by atoms with Gasteiger partial charge in [0, 0.05) is 25.7 Å². The third-order valence-corrected chi connectivity index (χ3v) is 6.10. The van der Waals surface area contributed by atoms with Crippen molar-refractivity contribution in [3.63, 3.8) is 0 Å². The number of hydrogen-bond donors (Lipinski definition) is 2. The number of nitrogens with one attached hydrogen (secondary N) is 1. The van der Waals surface area contributed by atoms with E-state index in [9.17, 15) is 5.11 Å². The van der Waals surface area contributed by atoms with Crippen molar-refractivity contribution in [3.8, 4) is 0 Å². The Bertz CT molecular complexity index is 775. The minimum absolute atomic E-state index is 0.174. The average Bonchev–Trinajstić information content (AvgIpc) is 3.10. The van der Waals surface area contributed by atoms with Crippen LogP contribution in [-0.2, 0) is 13.1 Å². The Labute approximate surface area is 174 Å². The van der Waals surface area contributed by atoms with Crippen LogP contribution in [0, 0.1) is 0 Å². The standard InChI is InChI=1S/C23H33N5O/c29-17-21-9-6-12-28(21)23-14-22(25-18-26-23)24-15-19-7-5-8-20(13-19)16-27-10-3-1-2-4-11-27/h5,7-8,13-14,18,21,29H,1-4,6,9-12,15-17H2,(H,24,25,26). The Morgan fingerprint density at radius 3 is 2.62 bits per heavy atom. The van der Waals surface area contributed by atoms with Gasteiger partial charge in [-0.3, -0.25) is 4.90 Å². The van der Waals surface area contributed by atoms with Gasteiger partial charge in [-0.25, -0.2) is 9.97 Å². The Balaban J connectivity index is 1.36. The van der Waals surface area contributed by atoms with E-state index in [0.29, 0.717) is 0 Å². The molecule has 6 heteroatoms. The number of aromatic nitrogens is 2. The Hall–Kier alpha value is -2.18. The van der Waals surface area contributed by atoms with E-state index in [1.807, 2.05) is 6.07 Å². The Kier molecular flexibility index (Phi) is 6.96. The Morgan fingerprint density at radius 1 is 0.966 bits per heavy atom. The quantitative estimate of drug-likeness (QED) is 0.749. The summed E-state index contributed by atoms with van der Waals surface area (Å²) in [5.41, 5.74) is 2.66. The van der Waals surface area contributed by atoms with Crippen molar-refractivity contribution in [2.75, 3.05) is 36.5 Å². The van der Waals surface area contributed by atoms with Gasteiger partial charge in [-0.1, -0.05) is 37.1 Å². The summed E-state index contributed by atoms with van der Waals surface area (Å²) >= 11 is 0. The van der Waals surface area contributed by atoms with E-state index in [4.69, 9.17) is 0 Å². The number of benzene rings is 1. The highest BCUT2D eigenvalue weighted by molar-refractivity contribution is 5.50. The Morgan fingerprint density at radius 2 is 1.79 bits per heavy atom. The molecule has 2 aliphatic heterocycles. The lowest BCUT2D eigenvalue weighted by molar-refractivity contribution is 0.266. The molecule has 0 radical (unpaired) electrons. The minimum Gasteiger partial charge on any atom is -0.394 e. The molecule has 1 aromatic heterocycles. The predicted octanol–water partition coefficient (Wildman–Crippen LogP) is 3.43. The second-order valence-corrected chi connectivity index (χ2v) is 8.30. The van der Waals surface area contributed by atoms with Crippen molar-refractivity contribution in [1.29, 1.82) is 0 Å². The molecule has 0 bridgehead atoms. The summed E-state index contributed by atoms with van der Waals surface area (Å²) in [6.45, 7) is 5.35. The van der Waals surface area contributed by atoms with Crippen LogP contribution in [0.4, 0.5) is 11.6 Å². The first kappa shape index (κ1) is 20.1. The number of hydrogen-bond acceptors (Lipinski definition) is 6. The SMILES string of the molecule is OCC1CCCN1c1cc(NCc2cccc(CN3CCCCCC3)c2)ncn1. The summed E-state index contributed by atoms with van der Waals surface area (Å²) in [5.74, 6) is 1.73. The predicted molar refractivity (Wildman–Crippen MR) is 117 cm³/mol. The number of aliphatic hydroxyl groups excluding tert-OH is 1. The van der Waals surface area contributed by atoms with E-state index >= 15 is 0 Å². The van der Waals surface area contributed by atoms with Crippen LogP contribution in [0.15, 0.2) is 36.7 Å². The van der Waals surface area contributed by atoms with Crippen molar-refractivity contribution >= 4 is 11.6 Å². The van der Waals surface area contributed by atoms with Crippen LogP contribution in [0.5, 0.6) is 0 Å². The maximum Gasteiger partial charge on any atom is 0.134 e. The minimum atomic E-state index is 0.174. The fourth-order valence-electron chi connectivity index (χ4n) is 4.51. The summed E-state index contributed by atoms with van der Waals surface area (Å²) < 4.78 is 0. The zero-order chi connectivity index (χ0) is 19.9. The van der Waals surface area contributed by atoms with Gasteiger partial charge in [0.15, 0.2) is 0 Å². The van der Waals surface area contributed by atoms with E-state index in [1.165, 1.54) is 49.9 Å². The van der Waals surface area contributed by atoms with Crippen LogP contribution in [0.1, 0.15) is 49.7 Å². The molecular formula is C23H33N5O. The highest BCUT2D eigenvalue weighted by Crippen LogP contribution is 2.24. The summed E-state index contributed by atoms with van der Waals surface area (Å²) in [7, 11) is 0. The molecule has 2 fully saturated rings. The molecular weight excluding hydrogens is 362 g/mol. The highest BCUT2D eigenvalue weighted by Gasteiger charge is 2.25. The van der Waals surface area contributed by atoms with Crippen molar-refractivity contribution < 1.29 is 5.11 Å². The molecule has 2 aromatic rings. The fourth-order valence-corrected chi connectivity index (χ4v) is 4.51. The van der Waals surface area contributed by atoms with E-state index < -0.39 is 0 Å². The second kappa shape index (κ2) is 10.0. The van der Waals surface area contributed by atoms with Gasteiger partial charge in [0.25, 0.3) is 0 Å². The van der Waals surface area contributed by atoms with E-state index in [0.717, 1.165) is 44.1 Å². The molecule has 4 rings (SSSR count). The molecule has 29 heavy (non-hydrogen) atoms. The summed E-state index contributed by atoms with van der Waals surface area (Å²) in [4.78, 5) is 13.6. The third-order valence-electron chi connectivity index (χ3n) is 6.10. The van der Waals surface area contributed by atoms with E-state index in [2.05, 4.69) is 49.4 Å². The van der Waals surface area contributed by atoms with Gasteiger partial charge in [-0.05, 0) is 49.9 Å². The molecule has 6 nitrogen and oxygen atoms in total. The van der Waals surface area contributed by atoms with Gasteiger partial charge in [0.1, 0.15) is 18.0 Å². The number of aliphatic hydroxyl groups is 1. The zero-order valence-corrected chi connectivity index (χ0v) is 17.3. The number of nitrogens with zero attached hydrogens (tertiary/aromatic N) is 4. The van der Waals surface area contributed by atoms with Crippen LogP contribution < -0.4 is 10.2 Å². The first-order chi connectivity index (χ1) is 14.3. The van der Waals surface area contributed by atoms with Crippen molar-refractivity contribution in [1.82, 2.24) is 14.9 Å². The lowest BCUT2D eigenvalue weighted by Gasteiger charge is -2.24. The first-order valence-electron chi connectivity index (χ1n) is 11.1. The van der Waals surface area contributed by atoms with E-state index in [1.54, 1.807) is 6.33 Å². The monoisotopic (exact) mass is 395 g/mol. The van der Waals surface area contributed by atoms with Gasteiger partial charge < -0.3 is 15.3 Å². The van der Waals surface area contributed by atoms with Crippen LogP contribution >= 0.6 is 0 Å². The topological polar surface area (TPSA) is 64.5 Å². The van der Waals surface area contributed by atoms with Gasteiger partial charge in [0.2, 0.25) is 0 Å². The molecule has 2 saturated heterocycles. The molecule has 1 unspecified atom stereocenters. The van der Waals surface area contributed by atoms with Gasteiger partial charge in [0.05, 0.1) is 12.6 Å². The molecule has 1 atom stereocenters. The van der Waals surface area contributed by atoms with Gasteiger partial charge in [-0.2, -0.15) is 0 Å². The molecule has 156 valence electrons. The third kappa shape index (κ3) is 5.46. The molecule has 0 spiro atoms. The summed E-state index contributed by atoms with van der Waals surface area (Å²) in [5, 5.41) is 13.0. The van der Waals surface area contributed by atoms with Crippen LogP contribution in [0.2, 0.25) is 0 Å². The number of rotatable bonds is 7. The smallest absolute Gasteiger partial charge is 0.134 e. The number of likely N-dealkylation sites (tertiary alicyclic amines) is 1. The van der Waals surface area contributed by atoms with E-state index in [-0.39, 0.29) is 12.6 Å².